The Labute approximate surface area is 109 Å². The number of rotatable bonds is 2. The summed E-state index contributed by atoms with van der Waals surface area (Å²) >= 11 is 0. The first kappa shape index (κ1) is 13.0. The monoisotopic (exact) mass is 258 g/mol. The van der Waals surface area contributed by atoms with Crippen molar-refractivity contribution >= 4 is 11.9 Å². The van der Waals surface area contributed by atoms with E-state index in [0.29, 0.717) is 0 Å². The lowest BCUT2D eigenvalue weighted by Gasteiger charge is -2.06. The third-order valence-electron chi connectivity index (χ3n) is 2.68. The van der Waals surface area contributed by atoms with Crippen molar-refractivity contribution in [3.8, 4) is 0 Å². The third kappa shape index (κ3) is 2.85. The Morgan fingerprint density at radius 1 is 0.947 bits per heavy atom. The highest BCUT2D eigenvalue weighted by atomic mass is 19.1. The van der Waals surface area contributed by atoms with E-state index in [2.05, 4.69) is 0 Å². The van der Waals surface area contributed by atoms with Crippen LogP contribution in [0.5, 0.6) is 0 Å². The van der Waals surface area contributed by atoms with Crippen LogP contribution < -0.4 is 0 Å². The minimum absolute atomic E-state index is 0.0456. The summed E-state index contributed by atoms with van der Waals surface area (Å²) in [7, 11) is 0. The first-order chi connectivity index (χ1) is 9.09. The van der Waals surface area contributed by atoms with E-state index in [-0.39, 0.29) is 16.7 Å². The summed E-state index contributed by atoms with van der Waals surface area (Å²) in [4.78, 5) is 23.5. The van der Waals surface area contributed by atoms with Gasteiger partial charge >= 0.3 is 11.9 Å². The number of esters is 2. The smallest absolute Gasteiger partial charge is 0.346 e. The van der Waals surface area contributed by atoms with E-state index in [9.17, 15) is 14.0 Å². The van der Waals surface area contributed by atoms with E-state index in [1.165, 1.54) is 37.3 Å². The van der Waals surface area contributed by atoms with Crippen molar-refractivity contribution < 1.29 is 18.7 Å². The summed E-state index contributed by atoms with van der Waals surface area (Å²) in [5.41, 5.74) is 0.475. The van der Waals surface area contributed by atoms with Crippen molar-refractivity contribution in [2.24, 2.45) is 0 Å². The highest BCUT2D eigenvalue weighted by Gasteiger charge is 2.17. The number of ether oxygens (including phenoxy) is 1. The molecule has 0 spiro atoms. The first-order valence-electron chi connectivity index (χ1n) is 5.66. The molecule has 2 aromatic rings. The first-order valence-corrected chi connectivity index (χ1v) is 5.66. The van der Waals surface area contributed by atoms with Gasteiger partial charge in [0.05, 0.1) is 11.1 Å². The fourth-order valence-corrected chi connectivity index (χ4v) is 1.60. The molecular weight excluding hydrogens is 247 g/mol. The number of halogens is 1. The van der Waals surface area contributed by atoms with Gasteiger partial charge in [0.2, 0.25) is 0 Å². The maximum atomic E-state index is 13.3. The van der Waals surface area contributed by atoms with Gasteiger partial charge in [-0.05, 0) is 36.8 Å². The highest BCUT2D eigenvalue weighted by Crippen LogP contribution is 2.14. The van der Waals surface area contributed by atoms with Crippen LogP contribution in [0, 0.1) is 12.7 Å². The molecule has 19 heavy (non-hydrogen) atoms. The van der Waals surface area contributed by atoms with E-state index in [1.54, 1.807) is 18.2 Å². The molecule has 96 valence electrons. The fraction of sp³-hybridized carbons (Fsp3) is 0.0667. The maximum Gasteiger partial charge on any atom is 0.346 e. The number of carbonyl (C=O) groups excluding carboxylic acids is 2. The molecule has 0 fully saturated rings. The molecule has 0 heterocycles. The minimum Gasteiger partial charge on any atom is -0.386 e. The lowest BCUT2D eigenvalue weighted by atomic mass is 10.1. The van der Waals surface area contributed by atoms with Gasteiger partial charge in [0.25, 0.3) is 0 Å². The zero-order valence-corrected chi connectivity index (χ0v) is 10.2. The van der Waals surface area contributed by atoms with Crippen LogP contribution in [0.1, 0.15) is 26.3 Å². The van der Waals surface area contributed by atoms with Crippen molar-refractivity contribution in [2.75, 3.05) is 0 Å². The van der Waals surface area contributed by atoms with Gasteiger partial charge in [-0.25, -0.2) is 14.0 Å². The zero-order chi connectivity index (χ0) is 13.8. The average Bonchev–Trinajstić information content (AvgIpc) is 2.42. The Bertz CT molecular complexity index is 621. The maximum absolute atomic E-state index is 13.3. The largest absolute Gasteiger partial charge is 0.386 e. The van der Waals surface area contributed by atoms with Crippen LogP contribution in [0.2, 0.25) is 0 Å². The molecule has 2 rings (SSSR count). The molecule has 0 radical (unpaired) electrons. The van der Waals surface area contributed by atoms with E-state index in [0.717, 1.165) is 0 Å². The number of carbonyl (C=O) groups is 2. The van der Waals surface area contributed by atoms with Gasteiger partial charge in [-0.3, -0.25) is 0 Å². The molecule has 0 unspecified atom stereocenters. The predicted molar refractivity (Wildman–Crippen MR) is 67.3 cm³/mol. The molecule has 0 aromatic heterocycles. The van der Waals surface area contributed by atoms with Crippen molar-refractivity contribution in [1.82, 2.24) is 0 Å². The van der Waals surface area contributed by atoms with Gasteiger partial charge < -0.3 is 4.74 Å². The summed E-state index contributed by atoms with van der Waals surface area (Å²) in [6, 6.07) is 12.2. The fourth-order valence-electron chi connectivity index (χ4n) is 1.60. The Morgan fingerprint density at radius 3 is 2.32 bits per heavy atom. The van der Waals surface area contributed by atoms with E-state index >= 15 is 0 Å². The second-order valence-electron chi connectivity index (χ2n) is 3.96. The second kappa shape index (κ2) is 5.44. The molecule has 0 saturated carbocycles. The summed E-state index contributed by atoms with van der Waals surface area (Å²) in [6.45, 7) is 1.46. The van der Waals surface area contributed by atoms with Gasteiger partial charge in [-0.1, -0.05) is 24.3 Å². The van der Waals surface area contributed by atoms with Crippen LogP contribution in [0.4, 0.5) is 4.39 Å². The summed E-state index contributed by atoms with van der Waals surface area (Å²) in [5, 5.41) is 0. The minimum atomic E-state index is -0.856. The summed E-state index contributed by atoms with van der Waals surface area (Å²) < 4.78 is 18.0. The Hall–Kier alpha value is -2.49. The second-order valence-corrected chi connectivity index (χ2v) is 3.96. The molecule has 0 aliphatic heterocycles. The Morgan fingerprint density at radius 2 is 1.63 bits per heavy atom. The van der Waals surface area contributed by atoms with Crippen LogP contribution in [-0.2, 0) is 4.74 Å². The molecule has 4 heteroatoms. The quantitative estimate of drug-likeness (QED) is 0.614. The van der Waals surface area contributed by atoms with Crippen molar-refractivity contribution in [1.29, 1.82) is 0 Å². The van der Waals surface area contributed by atoms with Gasteiger partial charge in [0.15, 0.2) is 0 Å². The third-order valence-corrected chi connectivity index (χ3v) is 2.68. The van der Waals surface area contributed by atoms with Crippen molar-refractivity contribution in [3.05, 3.63) is 71.0 Å². The number of benzene rings is 2. The summed E-state index contributed by atoms with van der Waals surface area (Å²) in [6.07, 6.45) is 0. The van der Waals surface area contributed by atoms with E-state index in [1.807, 2.05) is 0 Å². The molecule has 0 amide bonds. The lowest BCUT2D eigenvalue weighted by molar-refractivity contribution is 0.0397. The molecule has 0 bridgehead atoms. The topological polar surface area (TPSA) is 43.4 Å². The van der Waals surface area contributed by atoms with Crippen molar-refractivity contribution in [3.63, 3.8) is 0 Å². The van der Waals surface area contributed by atoms with Gasteiger partial charge in [0.1, 0.15) is 5.82 Å². The van der Waals surface area contributed by atoms with Crippen molar-refractivity contribution in [2.45, 2.75) is 6.92 Å². The van der Waals surface area contributed by atoms with Crippen LogP contribution in [0.15, 0.2) is 48.5 Å². The predicted octanol–water partition coefficient (Wildman–Crippen LogP) is 3.13. The van der Waals surface area contributed by atoms with E-state index in [4.69, 9.17) is 4.74 Å². The van der Waals surface area contributed by atoms with Crippen LogP contribution in [0.25, 0.3) is 0 Å². The van der Waals surface area contributed by atoms with Crippen LogP contribution in [0.3, 0.4) is 0 Å². The number of hydrogen-bond acceptors (Lipinski definition) is 3. The normalized spacial score (nSPS) is 10.0. The Kier molecular flexibility index (Phi) is 3.71. The standard InChI is InChI=1S/C15H11FO3/c1-10-12(8-5-9-13(10)16)15(18)19-14(17)11-6-3-2-4-7-11/h2-9H,1H3. The zero-order valence-electron chi connectivity index (χ0n) is 10.2. The Balaban J connectivity index is 2.18. The molecule has 3 nitrogen and oxygen atoms in total. The van der Waals surface area contributed by atoms with Gasteiger partial charge in [-0.2, -0.15) is 0 Å². The molecule has 2 aromatic carbocycles. The molecule has 0 atom stereocenters. The average molecular weight is 258 g/mol. The van der Waals surface area contributed by atoms with E-state index < -0.39 is 17.8 Å². The van der Waals surface area contributed by atoms with Gasteiger partial charge in [0, 0.05) is 0 Å². The highest BCUT2D eigenvalue weighted by molar-refractivity contribution is 6.03. The SMILES string of the molecule is Cc1c(F)cccc1C(=O)OC(=O)c1ccccc1. The summed E-state index contributed by atoms with van der Waals surface area (Å²) in [5.74, 6) is -2.12. The van der Waals surface area contributed by atoms with Crippen LogP contribution >= 0.6 is 0 Å². The number of hydrogen-bond donors (Lipinski definition) is 0. The molecule has 0 N–H and O–H groups in total. The molecule has 0 saturated heterocycles. The molecule has 0 aliphatic rings. The van der Waals surface area contributed by atoms with Gasteiger partial charge in [-0.15, -0.1) is 0 Å². The van der Waals surface area contributed by atoms with Crippen LogP contribution in [-0.4, -0.2) is 11.9 Å². The molecule has 0 aliphatic carbocycles. The molecular formula is C15H11FO3. The lowest BCUT2D eigenvalue weighted by Crippen LogP contribution is -2.14.